The minimum Gasteiger partial charge on any atom is -0.405 e. The third kappa shape index (κ3) is 1.99. The first kappa shape index (κ1) is 8.15. The molecule has 0 unspecified atom stereocenters. The lowest BCUT2D eigenvalue weighted by Crippen LogP contribution is -1.82. The Balaban J connectivity index is 3.09. The number of halogens is 1. The van der Waals surface area contributed by atoms with Crippen molar-refractivity contribution in [2.75, 3.05) is 0 Å². The molecular weight excluding hydrogens is 158 g/mol. The first-order valence-electron chi connectivity index (χ1n) is 3.38. The van der Waals surface area contributed by atoms with Crippen molar-refractivity contribution < 1.29 is 0 Å². The highest BCUT2D eigenvalue weighted by molar-refractivity contribution is 6.30. The van der Waals surface area contributed by atoms with Crippen LogP contribution in [0.1, 0.15) is 11.1 Å². The third-order valence-electron chi connectivity index (χ3n) is 1.51. The van der Waals surface area contributed by atoms with E-state index < -0.39 is 0 Å². The van der Waals surface area contributed by atoms with Crippen LogP contribution in [0.4, 0.5) is 0 Å². The fourth-order valence-corrected chi connectivity index (χ4v) is 1.16. The van der Waals surface area contributed by atoms with Gasteiger partial charge in [0.2, 0.25) is 0 Å². The van der Waals surface area contributed by atoms with Gasteiger partial charge >= 0.3 is 0 Å². The molecule has 1 nitrogen and oxygen atoms in total. The fraction of sp³-hybridized carbons (Fsp3) is 0.111. The van der Waals surface area contributed by atoms with Gasteiger partial charge in [-0.3, -0.25) is 0 Å². The van der Waals surface area contributed by atoms with E-state index in [9.17, 15) is 0 Å². The summed E-state index contributed by atoms with van der Waals surface area (Å²) < 4.78 is 0. The van der Waals surface area contributed by atoms with Crippen molar-refractivity contribution >= 4 is 17.7 Å². The Labute approximate surface area is 71.5 Å². The van der Waals surface area contributed by atoms with Crippen LogP contribution < -0.4 is 5.73 Å². The summed E-state index contributed by atoms with van der Waals surface area (Å²) in [6.45, 7) is 2.00. The zero-order chi connectivity index (χ0) is 8.27. The van der Waals surface area contributed by atoms with Crippen LogP contribution in [0.2, 0.25) is 5.02 Å². The molecule has 1 rings (SSSR count). The first-order valence-corrected chi connectivity index (χ1v) is 3.76. The Hall–Kier alpha value is -0.950. The van der Waals surface area contributed by atoms with E-state index in [2.05, 4.69) is 0 Å². The summed E-state index contributed by atoms with van der Waals surface area (Å²) in [7, 11) is 0. The highest BCUT2D eigenvalue weighted by atomic mass is 35.5. The number of hydrogen-bond acceptors (Lipinski definition) is 1. The molecule has 0 saturated carbocycles. The summed E-state index contributed by atoms with van der Waals surface area (Å²) >= 11 is 5.76. The second-order valence-corrected chi connectivity index (χ2v) is 2.80. The molecule has 0 bridgehead atoms. The molecule has 1 aromatic carbocycles. The zero-order valence-electron chi connectivity index (χ0n) is 6.34. The van der Waals surface area contributed by atoms with Crippen LogP contribution in [0.15, 0.2) is 24.4 Å². The second kappa shape index (κ2) is 3.44. The summed E-state index contributed by atoms with van der Waals surface area (Å²) in [6, 6.07) is 5.71. The molecule has 0 aliphatic rings. The molecule has 0 amide bonds. The van der Waals surface area contributed by atoms with E-state index in [1.54, 1.807) is 0 Å². The average molecular weight is 168 g/mol. The van der Waals surface area contributed by atoms with Gasteiger partial charge in [0.15, 0.2) is 0 Å². The Morgan fingerprint density at radius 1 is 1.45 bits per heavy atom. The van der Waals surface area contributed by atoms with Crippen LogP contribution >= 0.6 is 11.6 Å². The number of nitrogens with two attached hydrogens (primary N) is 1. The molecule has 0 radical (unpaired) electrons. The van der Waals surface area contributed by atoms with Gasteiger partial charge in [-0.2, -0.15) is 0 Å². The summed E-state index contributed by atoms with van der Waals surface area (Å²) in [4.78, 5) is 0. The predicted molar refractivity (Wildman–Crippen MR) is 49.4 cm³/mol. The van der Waals surface area contributed by atoms with E-state index in [4.69, 9.17) is 17.3 Å². The van der Waals surface area contributed by atoms with Crippen molar-refractivity contribution in [3.63, 3.8) is 0 Å². The van der Waals surface area contributed by atoms with Gasteiger partial charge in [0.1, 0.15) is 0 Å². The molecule has 58 valence electrons. The molecule has 0 aliphatic heterocycles. The van der Waals surface area contributed by atoms with Crippen molar-refractivity contribution in [3.8, 4) is 0 Å². The standard InChI is InChI=1S/C9H10ClN/c1-7-6-9(10)3-2-8(7)4-5-11/h2-6H,11H2,1H3/b5-4-. The Morgan fingerprint density at radius 2 is 2.18 bits per heavy atom. The molecule has 0 spiro atoms. The topological polar surface area (TPSA) is 26.0 Å². The van der Waals surface area contributed by atoms with Crippen LogP contribution in [-0.2, 0) is 0 Å². The van der Waals surface area contributed by atoms with E-state index in [1.807, 2.05) is 31.2 Å². The van der Waals surface area contributed by atoms with E-state index in [0.717, 1.165) is 16.1 Å². The van der Waals surface area contributed by atoms with Gasteiger partial charge in [-0.15, -0.1) is 0 Å². The molecule has 11 heavy (non-hydrogen) atoms. The number of rotatable bonds is 1. The Bertz CT molecular complexity index is 279. The van der Waals surface area contributed by atoms with E-state index in [-0.39, 0.29) is 0 Å². The van der Waals surface area contributed by atoms with Crippen molar-refractivity contribution in [3.05, 3.63) is 40.5 Å². The highest BCUT2D eigenvalue weighted by Gasteiger charge is 1.93. The molecule has 2 heteroatoms. The summed E-state index contributed by atoms with van der Waals surface area (Å²) in [6.07, 6.45) is 3.38. The quantitative estimate of drug-likeness (QED) is 0.684. The first-order chi connectivity index (χ1) is 5.24. The van der Waals surface area contributed by atoms with Crippen LogP contribution in [0.5, 0.6) is 0 Å². The molecule has 0 aromatic heterocycles. The minimum atomic E-state index is 0.761. The molecule has 2 N–H and O–H groups in total. The number of benzene rings is 1. The third-order valence-corrected chi connectivity index (χ3v) is 1.74. The summed E-state index contributed by atoms with van der Waals surface area (Å²) in [5.74, 6) is 0. The molecule has 0 heterocycles. The van der Waals surface area contributed by atoms with E-state index in [0.29, 0.717) is 0 Å². The lowest BCUT2D eigenvalue weighted by atomic mass is 10.1. The van der Waals surface area contributed by atoms with Crippen molar-refractivity contribution in [2.24, 2.45) is 5.73 Å². The maximum absolute atomic E-state index is 5.76. The van der Waals surface area contributed by atoms with Crippen molar-refractivity contribution in [2.45, 2.75) is 6.92 Å². The maximum atomic E-state index is 5.76. The summed E-state index contributed by atoms with van der Waals surface area (Å²) in [5.41, 5.74) is 7.50. The smallest absolute Gasteiger partial charge is 0.0409 e. The van der Waals surface area contributed by atoms with Gasteiger partial charge in [-0.1, -0.05) is 17.7 Å². The highest BCUT2D eigenvalue weighted by Crippen LogP contribution is 2.15. The van der Waals surface area contributed by atoms with E-state index >= 15 is 0 Å². The lowest BCUT2D eigenvalue weighted by Gasteiger charge is -1.98. The van der Waals surface area contributed by atoms with Gasteiger partial charge in [-0.25, -0.2) is 0 Å². The predicted octanol–water partition coefficient (Wildman–Crippen LogP) is 2.58. The normalized spacial score (nSPS) is 10.7. The van der Waals surface area contributed by atoms with Crippen molar-refractivity contribution in [1.29, 1.82) is 0 Å². The Morgan fingerprint density at radius 3 is 2.73 bits per heavy atom. The fourth-order valence-electron chi connectivity index (χ4n) is 0.930. The van der Waals surface area contributed by atoms with Gasteiger partial charge in [0.25, 0.3) is 0 Å². The molecule has 1 aromatic rings. The van der Waals surface area contributed by atoms with Crippen molar-refractivity contribution in [1.82, 2.24) is 0 Å². The monoisotopic (exact) mass is 167 g/mol. The maximum Gasteiger partial charge on any atom is 0.0409 e. The molecular formula is C9H10ClN. The van der Waals surface area contributed by atoms with Gasteiger partial charge in [-0.05, 0) is 42.5 Å². The van der Waals surface area contributed by atoms with Gasteiger partial charge in [0.05, 0.1) is 0 Å². The second-order valence-electron chi connectivity index (χ2n) is 2.36. The molecule has 0 aliphatic carbocycles. The van der Waals surface area contributed by atoms with E-state index in [1.165, 1.54) is 6.20 Å². The molecule has 0 atom stereocenters. The minimum absolute atomic E-state index is 0.761. The molecule has 0 fully saturated rings. The Kier molecular flexibility index (Phi) is 2.55. The molecule has 0 saturated heterocycles. The van der Waals surface area contributed by atoms with Crippen LogP contribution in [0.25, 0.3) is 6.08 Å². The van der Waals surface area contributed by atoms with Crippen LogP contribution in [0, 0.1) is 6.92 Å². The average Bonchev–Trinajstić information content (AvgIpc) is 1.95. The van der Waals surface area contributed by atoms with Gasteiger partial charge in [0, 0.05) is 5.02 Å². The SMILES string of the molecule is Cc1cc(Cl)ccc1/C=C\N. The summed E-state index contributed by atoms with van der Waals surface area (Å²) in [5, 5.41) is 0.761. The van der Waals surface area contributed by atoms with Crippen LogP contribution in [-0.4, -0.2) is 0 Å². The lowest BCUT2D eigenvalue weighted by molar-refractivity contribution is 1.44. The number of hydrogen-bond donors (Lipinski definition) is 1. The number of aryl methyl sites for hydroxylation is 1. The largest absolute Gasteiger partial charge is 0.405 e. The zero-order valence-corrected chi connectivity index (χ0v) is 7.10. The van der Waals surface area contributed by atoms with Gasteiger partial charge < -0.3 is 5.73 Å². The van der Waals surface area contributed by atoms with Crippen LogP contribution in [0.3, 0.4) is 0 Å².